The van der Waals surface area contributed by atoms with Crippen molar-refractivity contribution in [1.82, 2.24) is 0 Å². The standard InChI is InChI=1S/C47H70O24/c1-16-11-65-47(39(59)29(16)53)23(10-48)28-21-6-7-22-20(27(21)32(56)36(28)71-47)5-4-18-8-19(50)9-26(45(18,22)3)67-43-38(35(25(52)13-63-43)68-41-33(57)31(55)24(51)12-62-41)70-42-34(58)37(30(54)17(2)66-42)69-44-40(60)46(61,14-49)15-64-44/h4,16-17,19-20,22-26,28-31,33-44,48-55,57-61H,5-15H2,1-3H3/t16-,17?,19+,20+,22-,23-,24+,25-,26+,28-,29-,30?,31-,33+,34?,35-,36+,37?,38+,39-,40-,41-,42?,43-,44-,45-,46+,47-/m0/s1. The number of carbonyl (C=O) groups excluding carboxylic acids is 1. The van der Waals surface area contributed by atoms with Crippen molar-refractivity contribution in [2.24, 2.45) is 35.0 Å². The third-order valence-corrected chi connectivity index (χ3v) is 17.6. The molecule has 0 aromatic rings. The fourth-order valence-electron chi connectivity index (χ4n) is 13.4. The van der Waals surface area contributed by atoms with E-state index in [1.54, 1.807) is 6.92 Å². The Balaban J connectivity index is 0.948. The molecule has 6 heterocycles. The first-order valence-electron chi connectivity index (χ1n) is 24.8. The summed E-state index contributed by atoms with van der Waals surface area (Å²) < 4.78 is 61.0. The van der Waals surface area contributed by atoms with Crippen LogP contribution in [0.25, 0.3) is 0 Å². The monoisotopic (exact) mass is 1020 g/mol. The van der Waals surface area contributed by atoms with Gasteiger partial charge in [0, 0.05) is 35.2 Å². The van der Waals surface area contributed by atoms with Crippen molar-refractivity contribution in [3.63, 3.8) is 0 Å². The minimum atomic E-state index is -2.11. The largest absolute Gasteiger partial charge is 0.396 e. The van der Waals surface area contributed by atoms with Gasteiger partial charge < -0.3 is 114 Å². The first kappa shape index (κ1) is 52.7. The maximum Gasteiger partial charge on any atom is 0.203 e. The van der Waals surface area contributed by atoms with E-state index in [2.05, 4.69) is 0 Å². The molecule has 402 valence electrons. The highest BCUT2D eigenvalue weighted by Gasteiger charge is 2.69. The molecular weight excluding hydrogens is 948 g/mol. The number of aliphatic hydroxyl groups excluding tert-OH is 12. The number of hydrogen-bond donors (Lipinski definition) is 13. The smallest absolute Gasteiger partial charge is 0.203 e. The SMILES string of the molecule is CC1OC(O[C@H]2[C@H](O[C@@H]3C[C@H](O)CC4=CC[C@H]5C6=C(CC[C@@H]5[C@]43C)[C@@H]3[C@@H](O[C@@]4(OC[C@H](C)[C@H](O)[C@@H]4O)[C@H]3CO)C6=O)OC[C@H](O)[C@@H]2O[C@@H]2OC[C@@H](O)[C@H](O)[C@H]2O)C(O)C(O[C@@H]2OC[C@](O)(CO)[C@H]2O)C1O. The predicted molar refractivity (Wildman–Crippen MR) is 230 cm³/mol. The van der Waals surface area contributed by atoms with E-state index in [0.717, 1.165) is 11.1 Å². The zero-order chi connectivity index (χ0) is 50.8. The third-order valence-electron chi connectivity index (χ3n) is 17.6. The lowest BCUT2D eigenvalue weighted by molar-refractivity contribution is -0.387. The number of rotatable bonds is 10. The number of aliphatic hydroxyl groups is 13. The van der Waals surface area contributed by atoms with E-state index < -0.39 is 190 Å². The molecule has 0 radical (unpaired) electrons. The summed E-state index contributed by atoms with van der Waals surface area (Å²) in [6, 6.07) is 0. The second-order valence-corrected chi connectivity index (χ2v) is 21.7. The van der Waals surface area contributed by atoms with Gasteiger partial charge >= 0.3 is 0 Å². The lowest BCUT2D eigenvalue weighted by Crippen LogP contribution is -2.65. The molecule has 10 rings (SSSR count). The number of fused-ring (bicyclic) bond motifs is 6. The van der Waals surface area contributed by atoms with Gasteiger partial charge in [-0.05, 0) is 44.4 Å². The first-order valence-corrected chi connectivity index (χ1v) is 24.8. The van der Waals surface area contributed by atoms with Gasteiger partial charge in [0.15, 0.2) is 30.9 Å². The van der Waals surface area contributed by atoms with Crippen LogP contribution in [0.3, 0.4) is 0 Å². The van der Waals surface area contributed by atoms with Crippen LogP contribution in [-0.2, 0) is 52.2 Å². The summed E-state index contributed by atoms with van der Waals surface area (Å²) in [4.78, 5) is 14.7. The van der Waals surface area contributed by atoms with Crippen LogP contribution in [0.4, 0.5) is 0 Å². The van der Waals surface area contributed by atoms with Gasteiger partial charge in [-0.2, -0.15) is 0 Å². The second-order valence-electron chi connectivity index (χ2n) is 21.7. The lowest BCUT2D eigenvalue weighted by Gasteiger charge is -2.57. The average Bonchev–Trinajstić information content (AvgIpc) is 3.94. The number of ketones is 1. The molecule has 13 N–H and O–H groups in total. The molecule has 1 spiro atoms. The van der Waals surface area contributed by atoms with Crippen LogP contribution in [0.5, 0.6) is 0 Å². The number of ether oxygens (including phenoxy) is 10. The summed E-state index contributed by atoms with van der Waals surface area (Å²) in [6.45, 7) is 2.37. The molecule has 0 aromatic carbocycles. The fourth-order valence-corrected chi connectivity index (χ4v) is 13.4. The summed E-state index contributed by atoms with van der Waals surface area (Å²) in [6.07, 6.45) is -26.3. The molecular formula is C47H70O24. The molecule has 6 saturated heterocycles. The number of allylic oxidation sites excluding steroid dienone is 1. The number of hydrogen-bond acceptors (Lipinski definition) is 24. The molecule has 71 heavy (non-hydrogen) atoms. The van der Waals surface area contributed by atoms with E-state index in [-0.39, 0.29) is 30.6 Å². The molecule has 4 aliphatic carbocycles. The lowest BCUT2D eigenvalue weighted by atomic mass is 9.51. The summed E-state index contributed by atoms with van der Waals surface area (Å²) in [5.41, 5.74) is -0.758. The molecule has 0 amide bonds. The van der Waals surface area contributed by atoms with E-state index in [1.165, 1.54) is 6.92 Å². The minimum Gasteiger partial charge on any atom is -0.396 e. The molecule has 1 saturated carbocycles. The van der Waals surface area contributed by atoms with Crippen molar-refractivity contribution in [3.05, 3.63) is 22.8 Å². The van der Waals surface area contributed by atoms with Crippen LogP contribution in [0.2, 0.25) is 0 Å². The molecule has 0 bridgehead atoms. The van der Waals surface area contributed by atoms with Crippen molar-refractivity contribution < 1.29 is 119 Å². The Bertz CT molecular complexity index is 2030. The van der Waals surface area contributed by atoms with Crippen LogP contribution < -0.4 is 0 Å². The minimum absolute atomic E-state index is 0.0501. The zero-order valence-corrected chi connectivity index (χ0v) is 39.6. The van der Waals surface area contributed by atoms with Crippen molar-refractivity contribution in [1.29, 1.82) is 0 Å². The molecule has 6 aliphatic heterocycles. The van der Waals surface area contributed by atoms with Crippen LogP contribution in [0.1, 0.15) is 52.9 Å². The van der Waals surface area contributed by atoms with Gasteiger partial charge in [0.1, 0.15) is 78.8 Å². The molecule has 28 atom stereocenters. The Morgan fingerprint density at radius 2 is 1.45 bits per heavy atom. The quantitative estimate of drug-likeness (QED) is 0.0909. The maximum absolute atomic E-state index is 14.7. The van der Waals surface area contributed by atoms with E-state index >= 15 is 0 Å². The summed E-state index contributed by atoms with van der Waals surface area (Å²) in [7, 11) is 0. The van der Waals surface area contributed by atoms with E-state index in [1.807, 2.05) is 13.0 Å². The second kappa shape index (κ2) is 19.7. The van der Waals surface area contributed by atoms with Gasteiger partial charge in [-0.15, -0.1) is 0 Å². The van der Waals surface area contributed by atoms with Crippen molar-refractivity contribution >= 4 is 5.78 Å². The summed E-state index contributed by atoms with van der Waals surface area (Å²) in [5, 5.41) is 142. The number of Topliss-reactive ketones (excluding diaryl/α,β-unsaturated/α-hetero) is 1. The fraction of sp³-hybridized carbons (Fsp3) is 0.894. The molecule has 24 heteroatoms. The Morgan fingerprint density at radius 1 is 0.746 bits per heavy atom. The average molecular weight is 1020 g/mol. The Hall–Kier alpha value is -1.77. The van der Waals surface area contributed by atoms with Gasteiger partial charge in [-0.1, -0.05) is 31.1 Å². The van der Waals surface area contributed by atoms with Gasteiger partial charge in [0.05, 0.1) is 64.1 Å². The van der Waals surface area contributed by atoms with Gasteiger partial charge in [0.25, 0.3) is 0 Å². The zero-order valence-electron chi connectivity index (χ0n) is 39.6. The molecule has 0 aromatic heterocycles. The van der Waals surface area contributed by atoms with E-state index in [0.29, 0.717) is 31.3 Å². The highest BCUT2D eigenvalue weighted by atomic mass is 16.8. The Kier molecular flexibility index (Phi) is 14.6. The topological polar surface area (TPSA) is 372 Å². The van der Waals surface area contributed by atoms with Crippen LogP contribution >= 0.6 is 0 Å². The van der Waals surface area contributed by atoms with E-state index in [9.17, 15) is 71.2 Å². The normalized spacial score (nSPS) is 55.2. The third kappa shape index (κ3) is 8.45. The van der Waals surface area contributed by atoms with Crippen molar-refractivity contribution in [2.45, 2.75) is 187 Å². The molecule has 24 nitrogen and oxygen atoms in total. The summed E-state index contributed by atoms with van der Waals surface area (Å²) in [5.74, 6) is -4.60. The molecule has 10 aliphatic rings. The Labute approximate surface area is 408 Å². The van der Waals surface area contributed by atoms with Gasteiger partial charge in [-0.3, -0.25) is 4.79 Å². The highest BCUT2D eigenvalue weighted by Crippen LogP contribution is 2.64. The molecule has 7 fully saturated rings. The van der Waals surface area contributed by atoms with Gasteiger partial charge in [-0.25, -0.2) is 0 Å². The first-order chi connectivity index (χ1) is 33.7. The highest BCUT2D eigenvalue weighted by molar-refractivity contribution is 6.04. The van der Waals surface area contributed by atoms with Crippen molar-refractivity contribution in [2.75, 3.05) is 39.6 Å². The van der Waals surface area contributed by atoms with Crippen LogP contribution in [0, 0.1) is 35.0 Å². The van der Waals surface area contributed by atoms with Crippen LogP contribution in [0.15, 0.2) is 22.8 Å². The van der Waals surface area contributed by atoms with Gasteiger partial charge in [0.2, 0.25) is 5.79 Å². The molecule has 5 unspecified atom stereocenters. The predicted octanol–water partition coefficient (Wildman–Crippen LogP) is -5.30. The van der Waals surface area contributed by atoms with Crippen LogP contribution in [-0.4, -0.2) is 246 Å². The Morgan fingerprint density at radius 3 is 2.17 bits per heavy atom. The van der Waals surface area contributed by atoms with E-state index in [4.69, 9.17) is 47.4 Å². The summed E-state index contributed by atoms with van der Waals surface area (Å²) >= 11 is 0. The number of carbonyl (C=O) groups is 1. The van der Waals surface area contributed by atoms with Crippen molar-refractivity contribution in [3.8, 4) is 0 Å². The maximum atomic E-state index is 14.7.